The third-order valence-corrected chi connectivity index (χ3v) is 7.12. The summed E-state index contributed by atoms with van der Waals surface area (Å²) < 4.78 is 0. The van der Waals surface area contributed by atoms with Crippen LogP contribution in [0.2, 0.25) is 0 Å². The number of nitrogens with zero attached hydrogens (tertiary/aromatic N) is 3. The quantitative estimate of drug-likeness (QED) is 0.547. The van der Waals surface area contributed by atoms with E-state index >= 15 is 0 Å². The highest BCUT2D eigenvalue weighted by Gasteiger charge is 2.29. The Bertz CT molecular complexity index is 1170. The number of carboxylic acids is 1. The van der Waals surface area contributed by atoms with E-state index in [1.165, 1.54) is 28.3 Å². The lowest BCUT2D eigenvalue weighted by Crippen LogP contribution is -2.31. The number of hydrogen-bond donors (Lipinski definition) is 1. The number of piperidine rings is 1. The molecule has 5 heteroatoms. The van der Waals surface area contributed by atoms with Crippen LogP contribution in [-0.4, -0.2) is 34.1 Å². The largest absolute Gasteiger partial charge is 0.481 e. The zero-order valence-corrected chi connectivity index (χ0v) is 19.0. The highest BCUT2D eigenvalue weighted by Crippen LogP contribution is 2.41. The number of aromatic nitrogens is 2. The van der Waals surface area contributed by atoms with Gasteiger partial charge in [-0.15, -0.1) is 0 Å². The lowest BCUT2D eigenvalue weighted by atomic mass is 9.87. The van der Waals surface area contributed by atoms with Gasteiger partial charge in [0.15, 0.2) is 0 Å². The number of carbonyl (C=O) groups is 1. The van der Waals surface area contributed by atoms with Gasteiger partial charge in [0.2, 0.25) is 5.95 Å². The lowest BCUT2D eigenvalue weighted by molar-refractivity contribution is -0.139. The summed E-state index contributed by atoms with van der Waals surface area (Å²) in [6.07, 6.45) is 7.05. The molecule has 2 aliphatic rings. The van der Waals surface area contributed by atoms with E-state index in [4.69, 9.17) is 9.97 Å². The van der Waals surface area contributed by atoms with Gasteiger partial charge in [-0.1, -0.05) is 43.7 Å². The van der Waals surface area contributed by atoms with Crippen molar-refractivity contribution >= 4 is 22.7 Å². The Morgan fingerprint density at radius 1 is 1.06 bits per heavy atom. The molecule has 1 aliphatic carbocycles. The Labute approximate surface area is 189 Å². The summed E-state index contributed by atoms with van der Waals surface area (Å²) in [6, 6.07) is 10.9. The minimum Gasteiger partial charge on any atom is -0.481 e. The van der Waals surface area contributed by atoms with Crippen molar-refractivity contribution < 1.29 is 9.90 Å². The van der Waals surface area contributed by atoms with E-state index in [0.29, 0.717) is 6.42 Å². The first kappa shape index (κ1) is 20.9. The molecule has 1 fully saturated rings. The molecule has 166 valence electrons. The van der Waals surface area contributed by atoms with Gasteiger partial charge in [-0.25, -0.2) is 9.97 Å². The van der Waals surface area contributed by atoms with Gasteiger partial charge in [0.05, 0.1) is 11.6 Å². The molecule has 1 aromatic heterocycles. The number of carboxylic acid groups (broad SMARTS) is 1. The number of aryl methyl sites for hydroxylation is 3. The van der Waals surface area contributed by atoms with Crippen molar-refractivity contribution in [2.75, 3.05) is 18.0 Å². The molecule has 32 heavy (non-hydrogen) atoms. The van der Waals surface area contributed by atoms with Crippen LogP contribution in [-0.2, 0) is 17.6 Å². The van der Waals surface area contributed by atoms with Crippen LogP contribution in [0.1, 0.15) is 67.3 Å². The van der Waals surface area contributed by atoms with Crippen LogP contribution in [0.15, 0.2) is 30.3 Å². The average Bonchev–Trinajstić information content (AvgIpc) is 3.23. The number of hydrogen-bond acceptors (Lipinski definition) is 4. The minimum atomic E-state index is -0.795. The Morgan fingerprint density at radius 3 is 2.53 bits per heavy atom. The second kappa shape index (κ2) is 8.53. The van der Waals surface area contributed by atoms with Gasteiger partial charge in [0.25, 0.3) is 0 Å². The van der Waals surface area contributed by atoms with Gasteiger partial charge in [-0.05, 0) is 67.3 Å². The molecule has 5 rings (SSSR count). The second-order valence-corrected chi connectivity index (χ2v) is 9.21. The molecule has 3 aromatic rings. The Kier molecular flexibility index (Phi) is 5.58. The minimum absolute atomic E-state index is 0.580. The fraction of sp³-hybridized carbons (Fsp3) is 0.444. The summed E-state index contributed by atoms with van der Waals surface area (Å²) in [7, 11) is 0. The Hall–Kier alpha value is -2.95. The average molecular weight is 430 g/mol. The normalized spacial score (nSPS) is 16.5. The van der Waals surface area contributed by atoms with Gasteiger partial charge in [-0.2, -0.15) is 0 Å². The van der Waals surface area contributed by atoms with Crippen molar-refractivity contribution in [1.29, 1.82) is 0 Å². The SMILES string of the molecule is CCCC(C(=O)O)c1c(C)nc(N2CCCCC2)nc1-c1ccc2c3c(cccc13)CC2. The molecule has 1 N–H and O–H groups in total. The van der Waals surface area contributed by atoms with Crippen LogP contribution < -0.4 is 4.90 Å². The second-order valence-electron chi connectivity index (χ2n) is 9.21. The van der Waals surface area contributed by atoms with Crippen LogP contribution in [0.25, 0.3) is 22.0 Å². The topological polar surface area (TPSA) is 66.3 Å². The van der Waals surface area contributed by atoms with Gasteiger partial charge in [0, 0.05) is 29.9 Å². The van der Waals surface area contributed by atoms with Crippen molar-refractivity contribution in [3.05, 3.63) is 52.7 Å². The zero-order chi connectivity index (χ0) is 22.2. The maximum Gasteiger partial charge on any atom is 0.311 e. The Morgan fingerprint density at radius 2 is 1.81 bits per heavy atom. The molecular weight excluding hydrogens is 398 g/mol. The Balaban J connectivity index is 1.77. The first-order valence-electron chi connectivity index (χ1n) is 12.0. The fourth-order valence-corrected chi connectivity index (χ4v) is 5.56. The highest BCUT2D eigenvalue weighted by molar-refractivity contribution is 6.02. The summed E-state index contributed by atoms with van der Waals surface area (Å²) >= 11 is 0. The van der Waals surface area contributed by atoms with Gasteiger partial charge in [-0.3, -0.25) is 4.79 Å². The maximum absolute atomic E-state index is 12.3. The molecule has 2 heterocycles. The highest BCUT2D eigenvalue weighted by atomic mass is 16.4. The predicted molar refractivity (Wildman–Crippen MR) is 128 cm³/mol. The van der Waals surface area contributed by atoms with E-state index in [9.17, 15) is 9.90 Å². The molecule has 1 unspecified atom stereocenters. The van der Waals surface area contributed by atoms with Gasteiger partial charge < -0.3 is 10.0 Å². The van der Waals surface area contributed by atoms with E-state index in [0.717, 1.165) is 73.7 Å². The van der Waals surface area contributed by atoms with Crippen LogP contribution in [0.4, 0.5) is 5.95 Å². The van der Waals surface area contributed by atoms with E-state index in [2.05, 4.69) is 35.2 Å². The van der Waals surface area contributed by atoms with Crippen molar-refractivity contribution in [2.45, 2.75) is 64.7 Å². The molecule has 5 nitrogen and oxygen atoms in total. The molecule has 0 radical (unpaired) electrons. The zero-order valence-electron chi connectivity index (χ0n) is 19.0. The number of anilines is 1. The number of aliphatic carboxylic acids is 1. The maximum atomic E-state index is 12.3. The third kappa shape index (κ3) is 3.54. The van der Waals surface area contributed by atoms with Crippen LogP contribution in [0.5, 0.6) is 0 Å². The lowest BCUT2D eigenvalue weighted by Gasteiger charge is -2.28. The summed E-state index contributed by atoms with van der Waals surface area (Å²) in [6.45, 7) is 5.91. The molecular formula is C27H31N3O2. The first-order valence-corrected chi connectivity index (χ1v) is 12.0. The molecule has 1 atom stereocenters. The van der Waals surface area contributed by atoms with Crippen LogP contribution in [0, 0.1) is 6.92 Å². The predicted octanol–water partition coefficient (Wildman–Crippen LogP) is 5.66. The summed E-state index contributed by atoms with van der Waals surface area (Å²) in [5, 5.41) is 12.6. The molecule has 1 aliphatic heterocycles. The van der Waals surface area contributed by atoms with E-state index in [-0.39, 0.29) is 0 Å². The first-order chi connectivity index (χ1) is 15.6. The number of rotatable bonds is 6. The molecule has 0 saturated carbocycles. The van der Waals surface area contributed by atoms with E-state index < -0.39 is 11.9 Å². The third-order valence-electron chi connectivity index (χ3n) is 7.12. The van der Waals surface area contributed by atoms with E-state index in [1.807, 2.05) is 13.8 Å². The molecule has 0 bridgehead atoms. The standard InChI is InChI=1S/C27H31N3O2/c1-3-8-22(26(31)32)23-17(2)28-27(30-15-5-4-6-16-30)29-25(23)21-14-13-19-12-11-18-9-7-10-20(21)24(18)19/h7,9-10,13-14,22H,3-6,8,11-12,15-16H2,1-2H3,(H,31,32). The molecule has 2 aromatic carbocycles. The van der Waals surface area contributed by atoms with Crippen LogP contribution >= 0.6 is 0 Å². The van der Waals surface area contributed by atoms with Crippen LogP contribution in [0.3, 0.4) is 0 Å². The fourth-order valence-electron chi connectivity index (χ4n) is 5.56. The monoisotopic (exact) mass is 429 g/mol. The molecule has 0 spiro atoms. The molecule has 1 saturated heterocycles. The molecule has 0 amide bonds. The summed E-state index contributed by atoms with van der Waals surface area (Å²) in [4.78, 5) is 24.5. The summed E-state index contributed by atoms with van der Waals surface area (Å²) in [5.74, 6) is -0.658. The van der Waals surface area contributed by atoms with Crippen molar-refractivity contribution in [3.8, 4) is 11.3 Å². The summed E-state index contributed by atoms with van der Waals surface area (Å²) in [5.41, 5.74) is 6.17. The number of benzene rings is 2. The van der Waals surface area contributed by atoms with E-state index in [1.54, 1.807) is 0 Å². The van der Waals surface area contributed by atoms with Crippen molar-refractivity contribution in [2.24, 2.45) is 0 Å². The van der Waals surface area contributed by atoms with Crippen molar-refractivity contribution in [3.63, 3.8) is 0 Å². The van der Waals surface area contributed by atoms with Gasteiger partial charge in [0.1, 0.15) is 0 Å². The smallest absolute Gasteiger partial charge is 0.311 e. The van der Waals surface area contributed by atoms with Crippen molar-refractivity contribution in [1.82, 2.24) is 9.97 Å². The van der Waals surface area contributed by atoms with Gasteiger partial charge >= 0.3 is 5.97 Å².